The predicted molar refractivity (Wildman–Crippen MR) is 84.0 cm³/mol. The van der Waals surface area contributed by atoms with Crippen LogP contribution in [0.15, 0.2) is 18.5 Å². The minimum atomic E-state index is 0.0148. The van der Waals surface area contributed by atoms with Crippen LogP contribution in [-0.4, -0.2) is 25.5 Å². The first-order valence-electron chi connectivity index (χ1n) is 6.57. The lowest BCUT2D eigenvalue weighted by atomic mass is 10.3. The summed E-state index contributed by atoms with van der Waals surface area (Å²) in [5.74, 6) is 0.0148. The zero-order chi connectivity index (χ0) is 14.5. The largest absolute Gasteiger partial charge is 0.350 e. The van der Waals surface area contributed by atoms with Crippen LogP contribution in [0, 0.1) is 10.5 Å². The molecule has 6 nitrogen and oxygen atoms in total. The first kappa shape index (κ1) is 15.0. The molecule has 0 aliphatic carbocycles. The number of carbonyl (C=O) groups excluding carboxylic acids is 1. The van der Waals surface area contributed by atoms with E-state index < -0.39 is 0 Å². The minimum absolute atomic E-state index is 0.0148. The van der Waals surface area contributed by atoms with Crippen molar-refractivity contribution in [2.75, 3.05) is 0 Å². The van der Waals surface area contributed by atoms with Crippen molar-refractivity contribution >= 4 is 28.5 Å². The maximum Gasteiger partial charge on any atom is 0.222 e. The molecule has 2 aromatic rings. The molecule has 1 N–H and O–H groups in total. The Bertz CT molecular complexity index is 589. The number of aromatic nitrogens is 4. The summed E-state index contributed by atoms with van der Waals surface area (Å²) in [4.78, 5) is 11.8. The van der Waals surface area contributed by atoms with Crippen molar-refractivity contribution in [2.45, 2.75) is 39.9 Å². The van der Waals surface area contributed by atoms with E-state index in [0.29, 0.717) is 19.5 Å². The molecule has 0 saturated carbocycles. The van der Waals surface area contributed by atoms with E-state index in [0.717, 1.165) is 21.5 Å². The van der Waals surface area contributed by atoms with Gasteiger partial charge in [-0.1, -0.05) is 0 Å². The molecular formula is C13H18IN5O. The van der Waals surface area contributed by atoms with Crippen LogP contribution in [0.5, 0.6) is 0 Å². The molecule has 7 heteroatoms. The van der Waals surface area contributed by atoms with Crippen molar-refractivity contribution in [3.63, 3.8) is 0 Å². The Labute approximate surface area is 131 Å². The first-order valence-corrected chi connectivity index (χ1v) is 7.65. The summed E-state index contributed by atoms with van der Waals surface area (Å²) in [5.41, 5.74) is 1.98. The number of aryl methyl sites for hydroxylation is 2. The Kier molecular flexibility index (Phi) is 5.16. The van der Waals surface area contributed by atoms with Crippen LogP contribution in [0.25, 0.3) is 0 Å². The van der Waals surface area contributed by atoms with Gasteiger partial charge in [0.1, 0.15) is 0 Å². The van der Waals surface area contributed by atoms with Gasteiger partial charge in [-0.05, 0) is 42.5 Å². The smallest absolute Gasteiger partial charge is 0.222 e. The SMILES string of the molecule is CCn1ccc(CNC(=O)CCn2ncc(I)c2C)n1. The molecule has 0 aliphatic heterocycles. The standard InChI is InChI=1S/C13H18IN5O/c1-3-18-6-4-11(17-18)8-15-13(20)5-7-19-10(2)12(14)9-16-19/h4,6,9H,3,5,7-8H2,1-2H3,(H,15,20). The highest BCUT2D eigenvalue weighted by atomic mass is 127. The van der Waals surface area contributed by atoms with Gasteiger partial charge in [-0.3, -0.25) is 14.2 Å². The Morgan fingerprint density at radius 1 is 1.50 bits per heavy atom. The number of hydrogen-bond acceptors (Lipinski definition) is 3. The zero-order valence-corrected chi connectivity index (χ0v) is 13.8. The molecule has 2 heterocycles. The van der Waals surface area contributed by atoms with E-state index >= 15 is 0 Å². The Morgan fingerprint density at radius 2 is 2.30 bits per heavy atom. The van der Waals surface area contributed by atoms with Gasteiger partial charge < -0.3 is 5.32 Å². The van der Waals surface area contributed by atoms with Gasteiger partial charge >= 0.3 is 0 Å². The van der Waals surface area contributed by atoms with Crippen LogP contribution < -0.4 is 5.32 Å². The van der Waals surface area contributed by atoms with Gasteiger partial charge in [0.25, 0.3) is 0 Å². The van der Waals surface area contributed by atoms with Crippen LogP contribution in [0.4, 0.5) is 0 Å². The van der Waals surface area contributed by atoms with E-state index in [4.69, 9.17) is 0 Å². The van der Waals surface area contributed by atoms with Crippen molar-refractivity contribution in [1.82, 2.24) is 24.9 Å². The van der Waals surface area contributed by atoms with E-state index in [1.807, 2.05) is 41.7 Å². The number of hydrogen-bond donors (Lipinski definition) is 1. The summed E-state index contributed by atoms with van der Waals surface area (Å²) < 4.78 is 4.82. The first-order chi connectivity index (χ1) is 9.60. The zero-order valence-electron chi connectivity index (χ0n) is 11.6. The minimum Gasteiger partial charge on any atom is -0.350 e. The summed E-state index contributed by atoms with van der Waals surface area (Å²) in [7, 11) is 0. The van der Waals surface area contributed by atoms with Crippen molar-refractivity contribution in [3.8, 4) is 0 Å². The fourth-order valence-electron chi connectivity index (χ4n) is 1.81. The lowest BCUT2D eigenvalue weighted by Gasteiger charge is -2.05. The van der Waals surface area contributed by atoms with Gasteiger partial charge in [-0.15, -0.1) is 0 Å². The molecule has 20 heavy (non-hydrogen) atoms. The molecule has 0 saturated heterocycles. The maximum atomic E-state index is 11.8. The molecule has 0 radical (unpaired) electrons. The molecule has 0 atom stereocenters. The fourth-order valence-corrected chi connectivity index (χ4v) is 2.21. The van der Waals surface area contributed by atoms with Crippen LogP contribution in [0.1, 0.15) is 24.7 Å². The summed E-state index contributed by atoms with van der Waals surface area (Å²) in [5, 5.41) is 11.4. The monoisotopic (exact) mass is 387 g/mol. The van der Waals surface area contributed by atoms with Crippen LogP contribution in [0.3, 0.4) is 0 Å². The number of carbonyl (C=O) groups is 1. The average Bonchev–Trinajstić information content (AvgIpc) is 3.03. The number of nitrogens with zero attached hydrogens (tertiary/aromatic N) is 4. The number of halogens is 1. The van der Waals surface area contributed by atoms with Crippen LogP contribution in [0.2, 0.25) is 0 Å². The fraction of sp³-hybridized carbons (Fsp3) is 0.462. The highest BCUT2D eigenvalue weighted by molar-refractivity contribution is 14.1. The predicted octanol–water partition coefficient (Wildman–Crippen LogP) is 1.72. The Morgan fingerprint density at radius 3 is 2.90 bits per heavy atom. The second-order valence-electron chi connectivity index (χ2n) is 4.49. The van der Waals surface area contributed by atoms with Crippen LogP contribution in [-0.2, 0) is 24.4 Å². The highest BCUT2D eigenvalue weighted by Gasteiger charge is 2.07. The normalized spacial score (nSPS) is 10.8. The van der Waals surface area contributed by atoms with E-state index in [1.54, 1.807) is 0 Å². The maximum absolute atomic E-state index is 11.8. The van der Waals surface area contributed by atoms with Crippen molar-refractivity contribution in [3.05, 3.63) is 33.4 Å². The topological polar surface area (TPSA) is 64.7 Å². The molecule has 0 aromatic carbocycles. The quantitative estimate of drug-likeness (QED) is 0.768. The molecule has 2 rings (SSSR count). The molecule has 1 amide bonds. The third-order valence-electron chi connectivity index (χ3n) is 3.08. The summed E-state index contributed by atoms with van der Waals surface area (Å²) in [6.45, 7) is 5.95. The number of rotatable bonds is 6. The second-order valence-corrected chi connectivity index (χ2v) is 5.65. The van der Waals surface area contributed by atoms with Gasteiger partial charge in [0.05, 0.1) is 22.0 Å². The lowest BCUT2D eigenvalue weighted by molar-refractivity contribution is -0.121. The second kappa shape index (κ2) is 6.87. The van der Waals surface area contributed by atoms with Crippen molar-refractivity contribution in [2.24, 2.45) is 0 Å². The van der Waals surface area contributed by atoms with Gasteiger partial charge in [-0.2, -0.15) is 10.2 Å². The Hall–Kier alpha value is -1.38. The molecule has 108 valence electrons. The number of amides is 1. The van der Waals surface area contributed by atoms with Crippen LogP contribution >= 0.6 is 22.6 Å². The van der Waals surface area contributed by atoms with E-state index in [-0.39, 0.29) is 5.91 Å². The van der Waals surface area contributed by atoms with Crippen molar-refractivity contribution < 1.29 is 4.79 Å². The van der Waals surface area contributed by atoms with Crippen molar-refractivity contribution in [1.29, 1.82) is 0 Å². The average molecular weight is 387 g/mol. The van der Waals surface area contributed by atoms with Gasteiger partial charge in [0.15, 0.2) is 0 Å². The van der Waals surface area contributed by atoms with Gasteiger partial charge in [0, 0.05) is 31.4 Å². The molecule has 0 fully saturated rings. The van der Waals surface area contributed by atoms with E-state index in [9.17, 15) is 4.79 Å². The number of nitrogens with one attached hydrogen (secondary N) is 1. The molecule has 0 bridgehead atoms. The van der Waals surface area contributed by atoms with Gasteiger partial charge in [-0.25, -0.2) is 0 Å². The molecule has 2 aromatic heterocycles. The molecule has 0 aliphatic rings. The third-order valence-corrected chi connectivity index (χ3v) is 4.14. The van der Waals surface area contributed by atoms with E-state index in [2.05, 4.69) is 38.1 Å². The lowest BCUT2D eigenvalue weighted by Crippen LogP contribution is -2.24. The molecular weight excluding hydrogens is 369 g/mol. The summed E-state index contributed by atoms with van der Waals surface area (Å²) in [6.07, 6.45) is 4.15. The highest BCUT2D eigenvalue weighted by Crippen LogP contribution is 2.09. The third kappa shape index (κ3) is 3.81. The van der Waals surface area contributed by atoms with E-state index in [1.165, 1.54) is 0 Å². The summed E-state index contributed by atoms with van der Waals surface area (Å²) >= 11 is 2.24. The Balaban J connectivity index is 1.77. The molecule has 0 unspecified atom stereocenters. The summed E-state index contributed by atoms with van der Waals surface area (Å²) in [6, 6.07) is 1.92. The molecule has 0 spiro atoms. The van der Waals surface area contributed by atoms with Gasteiger partial charge in [0.2, 0.25) is 5.91 Å².